The lowest BCUT2D eigenvalue weighted by Gasteiger charge is -2.07. The smallest absolute Gasteiger partial charge is 0.372 e. The van der Waals surface area contributed by atoms with Gasteiger partial charge in [0.1, 0.15) is 21.6 Å². The van der Waals surface area contributed by atoms with Crippen molar-refractivity contribution in [2.45, 2.75) is 12.6 Å². The zero-order valence-corrected chi connectivity index (χ0v) is 11.1. The zero-order chi connectivity index (χ0) is 12.2. The summed E-state index contributed by atoms with van der Waals surface area (Å²) in [6, 6.07) is 1.64. The zero-order valence-electron chi connectivity index (χ0n) is 7.89. The second-order valence-corrected chi connectivity index (χ2v) is 4.47. The normalized spacial score (nSPS) is 11.8. The van der Waals surface area contributed by atoms with Crippen molar-refractivity contribution in [3.63, 3.8) is 0 Å². The first-order chi connectivity index (χ1) is 7.37. The number of aromatic nitrogens is 2. The van der Waals surface area contributed by atoms with Crippen LogP contribution >= 0.6 is 31.9 Å². The van der Waals surface area contributed by atoms with E-state index in [0.29, 0.717) is 15.0 Å². The van der Waals surface area contributed by atoms with Crippen molar-refractivity contribution >= 4 is 31.9 Å². The quantitative estimate of drug-likeness (QED) is 0.609. The molecule has 0 aliphatic rings. The van der Waals surface area contributed by atoms with E-state index in [4.69, 9.17) is 0 Å². The molecule has 8 heteroatoms. The fourth-order valence-electron chi connectivity index (χ4n) is 0.898. The van der Waals surface area contributed by atoms with Gasteiger partial charge in [0, 0.05) is 12.5 Å². The summed E-state index contributed by atoms with van der Waals surface area (Å²) >= 11 is 6.30. The Balaban J connectivity index is 2.37. The molecule has 0 aromatic carbocycles. The van der Waals surface area contributed by atoms with Crippen LogP contribution in [0.5, 0.6) is 0 Å². The number of nitrogens with zero attached hydrogens (tertiary/aromatic N) is 2. The highest BCUT2D eigenvalue weighted by Gasteiger charge is 2.27. The van der Waals surface area contributed by atoms with Gasteiger partial charge in [-0.05, 0) is 31.9 Å². The van der Waals surface area contributed by atoms with E-state index in [9.17, 15) is 13.2 Å². The Morgan fingerprint density at radius 1 is 1.19 bits per heavy atom. The van der Waals surface area contributed by atoms with E-state index in [2.05, 4.69) is 46.6 Å². The lowest BCUT2D eigenvalue weighted by Crippen LogP contribution is -2.18. The molecule has 3 nitrogen and oxygen atoms in total. The van der Waals surface area contributed by atoms with Gasteiger partial charge in [0.2, 0.25) is 0 Å². The standard InChI is InChI=1S/C8H7Br2F3N2O/c9-5-3-6(10)15-7(14-5)1-2-16-4-8(11,12)13/h3H,1-2,4H2. The molecule has 0 bridgehead atoms. The van der Waals surface area contributed by atoms with E-state index in [1.807, 2.05) is 0 Å². The van der Waals surface area contributed by atoms with Gasteiger partial charge in [-0.25, -0.2) is 9.97 Å². The van der Waals surface area contributed by atoms with Crippen molar-refractivity contribution in [3.05, 3.63) is 21.1 Å². The molecule has 0 aliphatic heterocycles. The monoisotopic (exact) mass is 362 g/mol. The van der Waals surface area contributed by atoms with Gasteiger partial charge in [0.05, 0.1) is 6.61 Å². The molecule has 0 spiro atoms. The second kappa shape index (κ2) is 5.92. The number of alkyl halides is 3. The van der Waals surface area contributed by atoms with Crippen LogP contribution in [0.3, 0.4) is 0 Å². The van der Waals surface area contributed by atoms with Crippen LogP contribution in [0.15, 0.2) is 15.3 Å². The van der Waals surface area contributed by atoms with Gasteiger partial charge in [-0.1, -0.05) is 0 Å². The number of rotatable bonds is 4. The Labute approximate surface area is 107 Å². The molecule has 0 aliphatic carbocycles. The first kappa shape index (κ1) is 13.9. The summed E-state index contributed by atoms with van der Waals surface area (Å²) in [6.07, 6.45) is -4.06. The van der Waals surface area contributed by atoms with Crippen LogP contribution in [0, 0.1) is 0 Å². The maximum atomic E-state index is 11.7. The molecule has 0 radical (unpaired) electrons. The maximum absolute atomic E-state index is 11.7. The molecule has 0 saturated heterocycles. The first-order valence-corrected chi connectivity index (χ1v) is 5.79. The molecule has 90 valence electrons. The summed E-state index contributed by atoms with van der Waals surface area (Å²) in [4.78, 5) is 7.96. The minimum atomic E-state index is -4.29. The van der Waals surface area contributed by atoms with E-state index in [0.717, 1.165) is 0 Å². The molecule has 0 saturated carbocycles. The van der Waals surface area contributed by atoms with Gasteiger partial charge < -0.3 is 4.74 Å². The number of ether oxygens (including phenoxy) is 1. The molecule has 1 aromatic heterocycles. The highest BCUT2D eigenvalue weighted by atomic mass is 79.9. The summed E-state index contributed by atoms with van der Waals surface area (Å²) < 4.78 is 40.8. The largest absolute Gasteiger partial charge is 0.411 e. The lowest BCUT2D eigenvalue weighted by molar-refractivity contribution is -0.173. The van der Waals surface area contributed by atoms with Gasteiger partial charge in [-0.2, -0.15) is 13.2 Å². The predicted octanol–water partition coefficient (Wildman–Crippen LogP) is 3.12. The van der Waals surface area contributed by atoms with Crippen molar-refractivity contribution in [3.8, 4) is 0 Å². The maximum Gasteiger partial charge on any atom is 0.411 e. The van der Waals surface area contributed by atoms with Crippen LogP contribution in [0.25, 0.3) is 0 Å². The Bertz CT molecular complexity index is 339. The molecule has 1 heterocycles. The van der Waals surface area contributed by atoms with Gasteiger partial charge in [-0.15, -0.1) is 0 Å². The van der Waals surface area contributed by atoms with Crippen molar-refractivity contribution in [1.82, 2.24) is 9.97 Å². The second-order valence-electron chi connectivity index (χ2n) is 2.85. The van der Waals surface area contributed by atoms with Crippen molar-refractivity contribution in [2.75, 3.05) is 13.2 Å². The molecular formula is C8H7Br2F3N2O. The molecular weight excluding hydrogens is 357 g/mol. The van der Waals surface area contributed by atoms with E-state index in [1.165, 1.54) is 0 Å². The van der Waals surface area contributed by atoms with E-state index in [1.54, 1.807) is 6.07 Å². The van der Waals surface area contributed by atoms with Crippen LogP contribution in [0.4, 0.5) is 13.2 Å². The number of halogens is 5. The van der Waals surface area contributed by atoms with E-state index in [-0.39, 0.29) is 13.0 Å². The summed E-state index contributed by atoms with van der Waals surface area (Å²) in [5, 5.41) is 0. The molecule has 0 unspecified atom stereocenters. The number of hydrogen-bond donors (Lipinski definition) is 0. The Hall–Kier alpha value is -0.210. The van der Waals surface area contributed by atoms with E-state index < -0.39 is 12.8 Å². The topological polar surface area (TPSA) is 35.0 Å². The van der Waals surface area contributed by atoms with Crippen molar-refractivity contribution in [2.24, 2.45) is 0 Å². The molecule has 0 amide bonds. The minimum absolute atomic E-state index is 0.0671. The molecule has 0 fully saturated rings. The summed E-state index contributed by atoms with van der Waals surface area (Å²) in [6.45, 7) is -1.31. The molecule has 16 heavy (non-hydrogen) atoms. The minimum Gasteiger partial charge on any atom is -0.372 e. The Kier molecular flexibility index (Phi) is 5.13. The molecule has 1 rings (SSSR count). The predicted molar refractivity (Wildman–Crippen MR) is 58.0 cm³/mol. The molecule has 0 N–H and O–H groups in total. The average molecular weight is 364 g/mol. The number of hydrogen-bond acceptors (Lipinski definition) is 3. The molecule has 0 atom stereocenters. The average Bonchev–Trinajstić information content (AvgIpc) is 2.09. The van der Waals surface area contributed by atoms with Crippen LogP contribution in [-0.2, 0) is 11.2 Å². The Morgan fingerprint density at radius 3 is 2.25 bits per heavy atom. The fraction of sp³-hybridized carbons (Fsp3) is 0.500. The van der Waals surface area contributed by atoms with Crippen molar-refractivity contribution in [1.29, 1.82) is 0 Å². The summed E-state index contributed by atoms with van der Waals surface area (Å²) in [5.74, 6) is 0.420. The van der Waals surface area contributed by atoms with Crippen LogP contribution in [0.2, 0.25) is 0 Å². The van der Waals surface area contributed by atoms with Gasteiger partial charge in [-0.3, -0.25) is 0 Å². The Morgan fingerprint density at radius 2 is 1.75 bits per heavy atom. The third kappa shape index (κ3) is 5.76. The van der Waals surface area contributed by atoms with E-state index >= 15 is 0 Å². The highest BCUT2D eigenvalue weighted by Crippen LogP contribution is 2.15. The molecule has 1 aromatic rings. The van der Waals surface area contributed by atoms with Crippen molar-refractivity contribution < 1.29 is 17.9 Å². The van der Waals surface area contributed by atoms with Crippen LogP contribution < -0.4 is 0 Å². The van der Waals surface area contributed by atoms with Crippen LogP contribution in [-0.4, -0.2) is 29.4 Å². The van der Waals surface area contributed by atoms with Gasteiger partial charge >= 0.3 is 6.18 Å². The third-order valence-corrected chi connectivity index (χ3v) is 2.26. The highest BCUT2D eigenvalue weighted by molar-refractivity contribution is 9.11. The first-order valence-electron chi connectivity index (χ1n) is 4.20. The van der Waals surface area contributed by atoms with Gasteiger partial charge in [0.15, 0.2) is 0 Å². The summed E-state index contributed by atoms with van der Waals surface area (Å²) in [7, 11) is 0. The third-order valence-electron chi connectivity index (χ3n) is 1.45. The SMILES string of the molecule is FC(F)(F)COCCc1nc(Br)cc(Br)n1. The lowest BCUT2D eigenvalue weighted by atomic mass is 10.4. The summed E-state index contributed by atoms with van der Waals surface area (Å²) in [5.41, 5.74) is 0. The van der Waals surface area contributed by atoms with Crippen LogP contribution in [0.1, 0.15) is 5.82 Å². The fourth-order valence-corrected chi connectivity index (χ4v) is 2.05. The van der Waals surface area contributed by atoms with Gasteiger partial charge in [0.25, 0.3) is 0 Å².